The van der Waals surface area contributed by atoms with Crippen LogP contribution in [0.15, 0.2) is 24.3 Å². The van der Waals surface area contributed by atoms with Crippen molar-refractivity contribution >= 4 is 0 Å². The molecule has 0 amide bonds. The first-order chi connectivity index (χ1) is 8.78. The van der Waals surface area contributed by atoms with E-state index in [1.165, 1.54) is 36.8 Å². The van der Waals surface area contributed by atoms with Gasteiger partial charge in [0, 0.05) is 25.1 Å². The summed E-state index contributed by atoms with van der Waals surface area (Å²) >= 11 is 0. The normalized spacial score (nSPS) is 25.9. The number of rotatable bonds is 4. The number of hydrogen-bond acceptors (Lipinski definition) is 2. The molecule has 1 N–H and O–H groups in total. The quantitative estimate of drug-likeness (QED) is 0.880. The summed E-state index contributed by atoms with van der Waals surface area (Å²) in [6.07, 6.45) is 5.51. The van der Waals surface area contributed by atoms with Gasteiger partial charge in [-0.25, -0.2) is 0 Å². The Hall–Kier alpha value is -0.860. The minimum absolute atomic E-state index is 0.375. The smallest absolute Gasteiger partial charge is 0.0576 e. The highest BCUT2D eigenvalue weighted by atomic mass is 16.5. The number of nitrogens with one attached hydrogen (secondary N) is 1. The van der Waals surface area contributed by atoms with E-state index in [-0.39, 0.29) is 0 Å². The van der Waals surface area contributed by atoms with Crippen LogP contribution in [0.1, 0.15) is 36.8 Å². The summed E-state index contributed by atoms with van der Waals surface area (Å²) in [6.45, 7) is 5.38. The summed E-state index contributed by atoms with van der Waals surface area (Å²) < 4.78 is 5.75. The highest BCUT2D eigenvalue weighted by molar-refractivity contribution is 5.32. The molecule has 2 aliphatic rings. The molecule has 1 aromatic rings. The third kappa shape index (κ3) is 2.32. The van der Waals surface area contributed by atoms with Gasteiger partial charge in [-0.2, -0.15) is 0 Å². The highest BCUT2D eigenvalue weighted by Gasteiger charge is 2.38. The van der Waals surface area contributed by atoms with Crippen molar-refractivity contribution in [2.75, 3.05) is 19.7 Å². The Morgan fingerprint density at radius 3 is 2.61 bits per heavy atom. The molecule has 2 aliphatic heterocycles. The summed E-state index contributed by atoms with van der Waals surface area (Å²) in [5, 5.41) is 3.45. The van der Waals surface area contributed by atoms with Gasteiger partial charge in [0.25, 0.3) is 0 Å². The molecule has 0 radical (unpaired) electrons. The van der Waals surface area contributed by atoms with Crippen molar-refractivity contribution in [1.29, 1.82) is 0 Å². The van der Waals surface area contributed by atoms with E-state index in [0.717, 1.165) is 19.7 Å². The Morgan fingerprint density at radius 1 is 1.28 bits per heavy atom. The molecule has 1 aromatic carbocycles. The summed E-state index contributed by atoms with van der Waals surface area (Å²) in [5.41, 5.74) is 3.23. The fraction of sp³-hybridized carbons (Fsp3) is 0.625. The van der Waals surface area contributed by atoms with Crippen LogP contribution >= 0.6 is 0 Å². The van der Waals surface area contributed by atoms with E-state index < -0.39 is 0 Å². The van der Waals surface area contributed by atoms with Crippen LogP contribution in [0.25, 0.3) is 0 Å². The van der Waals surface area contributed by atoms with Crippen LogP contribution in [0.5, 0.6) is 0 Å². The average molecular weight is 245 g/mol. The zero-order valence-corrected chi connectivity index (χ0v) is 11.2. The van der Waals surface area contributed by atoms with Crippen LogP contribution < -0.4 is 5.32 Å². The number of ether oxygens (including phenoxy) is 1. The summed E-state index contributed by atoms with van der Waals surface area (Å²) in [5.74, 6) is 0. The largest absolute Gasteiger partial charge is 0.378 e. The zero-order chi connectivity index (χ0) is 12.4. The minimum atomic E-state index is 0.375. The van der Waals surface area contributed by atoms with Gasteiger partial charge in [-0.3, -0.25) is 0 Å². The first kappa shape index (κ1) is 12.2. The summed E-state index contributed by atoms with van der Waals surface area (Å²) in [4.78, 5) is 0. The Morgan fingerprint density at radius 2 is 2.06 bits per heavy atom. The summed E-state index contributed by atoms with van der Waals surface area (Å²) in [6, 6.07) is 9.10. The van der Waals surface area contributed by atoms with E-state index in [0.29, 0.717) is 11.5 Å². The molecular formula is C16H23NO. The molecule has 2 saturated heterocycles. The third-order valence-electron chi connectivity index (χ3n) is 4.56. The molecule has 1 atom stereocenters. The van der Waals surface area contributed by atoms with Gasteiger partial charge in [0.1, 0.15) is 0 Å². The molecule has 98 valence electrons. The molecule has 0 aromatic heterocycles. The second-order valence-corrected chi connectivity index (χ2v) is 5.92. The second kappa shape index (κ2) is 5.02. The predicted molar refractivity (Wildman–Crippen MR) is 73.9 cm³/mol. The van der Waals surface area contributed by atoms with Crippen molar-refractivity contribution in [2.45, 2.75) is 44.1 Å². The molecule has 2 heteroatoms. The van der Waals surface area contributed by atoms with Crippen LogP contribution in [0, 0.1) is 6.92 Å². The van der Waals surface area contributed by atoms with Crippen molar-refractivity contribution in [1.82, 2.24) is 5.32 Å². The van der Waals surface area contributed by atoms with Gasteiger partial charge in [-0.05, 0) is 38.2 Å². The lowest BCUT2D eigenvalue weighted by Crippen LogP contribution is -2.57. The van der Waals surface area contributed by atoms with Crippen LogP contribution in [0.2, 0.25) is 0 Å². The third-order valence-corrected chi connectivity index (χ3v) is 4.56. The molecule has 0 spiro atoms. The average Bonchev–Trinajstić information content (AvgIpc) is 2.83. The zero-order valence-electron chi connectivity index (χ0n) is 11.2. The topological polar surface area (TPSA) is 21.3 Å². The molecule has 18 heavy (non-hydrogen) atoms. The molecule has 2 heterocycles. The maximum atomic E-state index is 5.75. The maximum Gasteiger partial charge on any atom is 0.0576 e. The summed E-state index contributed by atoms with van der Waals surface area (Å²) in [7, 11) is 0. The molecule has 0 bridgehead atoms. The van der Waals surface area contributed by atoms with E-state index in [1.807, 2.05) is 0 Å². The number of hydrogen-bond donors (Lipinski definition) is 1. The minimum Gasteiger partial charge on any atom is -0.378 e. The number of benzene rings is 1. The van der Waals surface area contributed by atoms with Crippen molar-refractivity contribution < 1.29 is 4.74 Å². The Bertz CT molecular complexity index is 388. The van der Waals surface area contributed by atoms with Gasteiger partial charge in [0.2, 0.25) is 0 Å². The Kier molecular flexibility index (Phi) is 3.40. The first-order valence-corrected chi connectivity index (χ1v) is 7.18. The van der Waals surface area contributed by atoms with Crippen molar-refractivity contribution in [2.24, 2.45) is 0 Å². The fourth-order valence-electron chi connectivity index (χ4n) is 3.17. The van der Waals surface area contributed by atoms with Gasteiger partial charge in [0.05, 0.1) is 6.10 Å². The van der Waals surface area contributed by atoms with Crippen LogP contribution in [0.3, 0.4) is 0 Å². The van der Waals surface area contributed by atoms with Crippen LogP contribution in [-0.4, -0.2) is 25.8 Å². The van der Waals surface area contributed by atoms with E-state index in [4.69, 9.17) is 4.74 Å². The Labute approximate surface area is 110 Å². The lowest BCUT2D eigenvalue weighted by Gasteiger charge is -2.44. The maximum absolute atomic E-state index is 5.75. The molecule has 2 nitrogen and oxygen atoms in total. The van der Waals surface area contributed by atoms with Crippen molar-refractivity contribution in [3.63, 3.8) is 0 Å². The monoisotopic (exact) mass is 245 g/mol. The lowest BCUT2D eigenvalue weighted by atomic mass is 9.71. The van der Waals surface area contributed by atoms with Gasteiger partial charge < -0.3 is 10.1 Å². The molecule has 1 unspecified atom stereocenters. The number of aryl methyl sites for hydroxylation is 1. The standard InChI is InChI=1S/C16H23NO/c1-13-4-6-14(7-5-13)16(11-17-12-16)9-8-15-3-2-10-18-15/h4-7,15,17H,2-3,8-12H2,1H3. The van der Waals surface area contributed by atoms with Gasteiger partial charge in [0.15, 0.2) is 0 Å². The van der Waals surface area contributed by atoms with Crippen molar-refractivity contribution in [3.05, 3.63) is 35.4 Å². The second-order valence-electron chi connectivity index (χ2n) is 5.92. The molecule has 0 saturated carbocycles. The lowest BCUT2D eigenvalue weighted by molar-refractivity contribution is 0.0900. The highest BCUT2D eigenvalue weighted by Crippen LogP contribution is 2.35. The van der Waals surface area contributed by atoms with Crippen LogP contribution in [-0.2, 0) is 10.2 Å². The van der Waals surface area contributed by atoms with E-state index in [1.54, 1.807) is 0 Å². The van der Waals surface area contributed by atoms with Gasteiger partial charge >= 0.3 is 0 Å². The van der Waals surface area contributed by atoms with Gasteiger partial charge in [-0.1, -0.05) is 29.8 Å². The SMILES string of the molecule is Cc1ccc(C2(CCC3CCCO3)CNC2)cc1. The molecular weight excluding hydrogens is 222 g/mol. The van der Waals surface area contributed by atoms with E-state index in [9.17, 15) is 0 Å². The van der Waals surface area contributed by atoms with Gasteiger partial charge in [-0.15, -0.1) is 0 Å². The van der Waals surface area contributed by atoms with E-state index >= 15 is 0 Å². The van der Waals surface area contributed by atoms with Crippen molar-refractivity contribution in [3.8, 4) is 0 Å². The molecule has 3 rings (SSSR count). The first-order valence-electron chi connectivity index (χ1n) is 7.18. The predicted octanol–water partition coefficient (Wildman–Crippen LogP) is 2.80. The van der Waals surface area contributed by atoms with E-state index in [2.05, 4.69) is 36.5 Å². The fourth-order valence-corrected chi connectivity index (χ4v) is 3.17. The Balaban J connectivity index is 1.67. The molecule has 2 fully saturated rings. The molecule has 0 aliphatic carbocycles. The van der Waals surface area contributed by atoms with Crippen LogP contribution in [0.4, 0.5) is 0 Å².